The zero-order valence-corrected chi connectivity index (χ0v) is 11.1. The molecule has 2 rings (SSSR count). The number of ether oxygens (including phenoxy) is 2. The molecule has 1 aliphatic heterocycles. The number of anilines is 1. The largest absolute Gasteiger partial charge is 0.388 e. The molecule has 0 aromatic heterocycles. The van der Waals surface area contributed by atoms with Gasteiger partial charge in [-0.15, -0.1) is 0 Å². The maximum absolute atomic E-state index is 10.6. The Hall–Kier alpha value is -1.10. The summed E-state index contributed by atoms with van der Waals surface area (Å²) < 4.78 is 10.3. The van der Waals surface area contributed by atoms with Crippen LogP contribution in [0, 0.1) is 0 Å². The minimum Gasteiger partial charge on any atom is -0.388 e. The van der Waals surface area contributed by atoms with Gasteiger partial charge >= 0.3 is 0 Å². The molecule has 100 valence electrons. The summed E-state index contributed by atoms with van der Waals surface area (Å²) in [5.41, 5.74) is 1.47. The Kier molecular flexibility index (Phi) is 3.90. The van der Waals surface area contributed by atoms with E-state index in [1.807, 2.05) is 25.1 Å². The number of nitrogens with one attached hydrogen (secondary N) is 1. The van der Waals surface area contributed by atoms with E-state index in [1.54, 1.807) is 14.2 Å². The van der Waals surface area contributed by atoms with Crippen molar-refractivity contribution in [1.82, 2.24) is 0 Å². The second kappa shape index (κ2) is 5.26. The van der Waals surface area contributed by atoms with Crippen LogP contribution in [0.3, 0.4) is 0 Å². The Bertz CT molecular complexity index is 377. The molecule has 1 aliphatic rings. The molecule has 0 bridgehead atoms. The van der Waals surface area contributed by atoms with E-state index in [0.717, 1.165) is 12.1 Å². The highest BCUT2D eigenvalue weighted by Crippen LogP contribution is 2.32. The van der Waals surface area contributed by atoms with Crippen LogP contribution in [0.4, 0.5) is 5.69 Å². The van der Waals surface area contributed by atoms with Gasteiger partial charge in [0.05, 0.1) is 11.6 Å². The number of methoxy groups -OCH3 is 2. The summed E-state index contributed by atoms with van der Waals surface area (Å²) in [5.74, 6) is 0. The van der Waals surface area contributed by atoms with Crippen LogP contribution in [0.15, 0.2) is 24.3 Å². The minimum atomic E-state index is -0.879. The van der Waals surface area contributed by atoms with Gasteiger partial charge in [-0.3, -0.25) is 0 Å². The molecule has 0 fully saturated rings. The summed E-state index contributed by atoms with van der Waals surface area (Å²) in [6.45, 7) is 1.82. The lowest BCUT2D eigenvalue weighted by atomic mass is 9.90. The van der Waals surface area contributed by atoms with E-state index >= 15 is 0 Å². The van der Waals surface area contributed by atoms with Crippen LogP contribution in [0.1, 0.15) is 18.9 Å². The van der Waals surface area contributed by atoms with Crippen molar-refractivity contribution >= 4 is 5.69 Å². The zero-order valence-electron chi connectivity index (χ0n) is 11.1. The minimum absolute atomic E-state index is 0.0114. The summed E-state index contributed by atoms with van der Waals surface area (Å²) in [4.78, 5) is 0. The van der Waals surface area contributed by atoms with Gasteiger partial charge < -0.3 is 19.9 Å². The van der Waals surface area contributed by atoms with E-state index < -0.39 is 5.60 Å². The van der Waals surface area contributed by atoms with Crippen molar-refractivity contribution in [3.8, 4) is 0 Å². The summed E-state index contributed by atoms with van der Waals surface area (Å²) >= 11 is 0. The van der Waals surface area contributed by atoms with Gasteiger partial charge in [0.2, 0.25) is 0 Å². The second-order valence-corrected chi connectivity index (χ2v) is 5.02. The summed E-state index contributed by atoms with van der Waals surface area (Å²) in [6, 6.07) is 8.13. The fourth-order valence-corrected chi connectivity index (χ4v) is 2.42. The highest BCUT2D eigenvalue weighted by Gasteiger charge is 2.38. The number of fused-ring (bicyclic) bond motifs is 1. The fraction of sp³-hybridized carbons (Fsp3) is 0.571. The van der Waals surface area contributed by atoms with Crippen LogP contribution in [0.5, 0.6) is 0 Å². The van der Waals surface area contributed by atoms with Crippen molar-refractivity contribution in [2.24, 2.45) is 0 Å². The van der Waals surface area contributed by atoms with Crippen molar-refractivity contribution in [2.75, 3.05) is 19.5 Å². The predicted octanol–water partition coefficient (Wildman–Crippen LogP) is 1.78. The lowest BCUT2D eigenvalue weighted by molar-refractivity contribution is -0.142. The Morgan fingerprint density at radius 3 is 2.67 bits per heavy atom. The average molecular weight is 251 g/mol. The van der Waals surface area contributed by atoms with E-state index in [0.29, 0.717) is 6.42 Å². The third kappa shape index (κ3) is 2.66. The molecule has 1 aromatic carbocycles. The lowest BCUT2D eigenvalue weighted by Gasteiger charge is -2.32. The van der Waals surface area contributed by atoms with Crippen LogP contribution in [-0.2, 0) is 15.9 Å². The molecule has 0 amide bonds. The molecule has 2 N–H and O–H groups in total. The van der Waals surface area contributed by atoms with Crippen LogP contribution in [0.2, 0.25) is 0 Å². The number of para-hydroxylation sites is 1. The summed E-state index contributed by atoms with van der Waals surface area (Å²) in [7, 11) is 3.17. The van der Waals surface area contributed by atoms with Gasteiger partial charge in [0.25, 0.3) is 0 Å². The first-order valence-electron chi connectivity index (χ1n) is 6.19. The van der Waals surface area contributed by atoms with Gasteiger partial charge in [0, 0.05) is 26.3 Å². The molecule has 0 saturated carbocycles. The molecule has 4 heteroatoms. The summed E-state index contributed by atoms with van der Waals surface area (Å²) in [5, 5.41) is 14.0. The molecule has 0 radical (unpaired) electrons. The molecular formula is C14H21NO3. The van der Waals surface area contributed by atoms with E-state index in [4.69, 9.17) is 9.47 Å². The van der Waals surface area contributed by atoms with Crippen LogP contribution < -0.4 is 5.32 Å². The molecule has 2 atom stereocenters. The molecule has 4 nitrogen and oxygen atoms in total. The molecule has 1 aromatic rings. The highest BCUT2D eigenvalue weighted by molar-refractivity contribution is 5.57. The number of aliphatic hydroxyl groups is 1. The maximum Gasteiger partial charge on any atom is 0.159 e. The lowest BCUT2D eigenvalue weighted by Crippen LogP contribution is -2.46. The Labute approximate surface area is 108 Å². The molecule has 0 aliphatic carbocycles. The second-order valence-electron chi connectivity index (χ2n) is 5.02. The first kappa shape index (κ1) is 13.3. The van der Waals surface area contributed by atoms with Gasteiger partial charge in [-0.25, -0.2) is 0 Å². The van der Waals surface area contributed by atoms with Crippen molar-refractivity contribution in [3.05, 3.63) is 29.8 Å². The zero-order chi connectivity index (χ0) is 13.2. The molecule has 2 unspecified atom stereocenters. The van der Waals surface area contributed by atoms with Crippen LogP contribution >= 0.6 is 0 Å². The summed E-state index contributed by atoms with van der Waals surface area (Å²) in [6.07, 6.45) is 0.875. The van der Waals surface area contributed by atoms with Gasteiger partial charge in [-0.05, 0) is 25.0 Å². The monoisotopic (exact) mass is 251 g/mol. The van der Waals surface area contributed by atoms with E-state index in [1.165, 1.54) is 5.56 Å². The normalized spacial score (nSPS) is 21.5. The van der Waals surface area contributed by atoms with Gasteiger partial charge in [0.1, 0.15) is 0 Å². The topological polar surface area (TPSA) is 50.7 Å². The van der Waals surface area contributed by atoms with Crippen molar-refractivity contribution in [1.29, 1.82) is 0 Å². The van der Waals surface area contributed by atoms with Crippen molar-refractivity contribution in [3.63, 3.8) is 0 Å². The highest BCUT2D eigenvalue weighted by atomic mass is 16.7. The van der Waals surface area contributed by atoms with Gasteiger partial charge in [0.15, 0.2) is 6.29 Å². The van der Waals surface area contributed by atoms with E-state index in [-0.39, 0.29) is 12.3 Å². The molecule has 18 heavy (non-hydrogen) atoms. The van der Waals surface area contributed by atoms with E-state index in [9.17, 15) is 5.11 Å². The van der Waals surface area contributed by atoms with Crippen LogP contribution in [-0.4, -0.2) is 37.3 Å². The Morgan fingerprint density at radius 2 is 2.06 bits per heavy atom. The standard InChI is InChI=1S/C14H21NO3/c1-14(16,9-13(17-2)18-3)12-8-10-6-4-5-7-11(10)15-12/h4-7,12-13,15-16H,8-9H2,1-3H3. The first-order valence-corrected chi connectivity index (χ1v) is 6.19. The maximum atomic E-state index is 10.6. The number of benzene rings is 1. The van der Waals surface area contributed by atoms with Crippen LogP contribution in [0.25, 0.3) is 0 Å². The number of hydrogen-bond donors (Lipinski definition) is 2. The number of hydrogen-bond acceptors (Lipinski definition) is 4. The van der Waals surface area contributed by atoms with E-state index in [2.05, 4.69) is 11.4 Å². The molecule has 0 saturated heterocycles. The van der Waals surface area contributed by atoms with Crippen molar-refractivity contribution < 1.29 is 14.6 Å². The number of rotatable bonds is 5. The smallest absolute Gasteiger partial charge is 0.159 e. The van der Waals surface area contributed by atoms with Gasteiger partial charge in [-0.1, -0.05) is 18.2 Å². The fourth-order valence-electron chi connectivity index (χ4n) is 2.42. The van der Waals surface area contributed by atoms with Gasteiger partial charge in [-0.2, -0.15) is 0 Å². The Morgan fingerprint density at radius 1 is 1.39 bits per heavy atom. The Balaban J connectivity index is 2.05. The SMILES string of the molecule is COC(CC(C)(O)C1Cc2ccccc2N1)OC. The third-order valence-electron chi connectivity index (χ3n) is 3.63. The first-order chi connectivity index (χ1) is 8.56. The third-order valence-corrected chi connectivity index (χ3v) is 3.63. The molecule has 0 spiro atoms. The molecular weight excluding hydrogens is 230 g/mol. The molecule has 1 heterocycles. The quantitative estimate of drug-likeness (QED) is 0.783. The average Bonchev–Trinajstić information content (AvgIpc) is 2.80. The predicted molar refractivity (Wildman–Crippen MR) is 70.6 cm³/mol. The van der Waals surface area contributed by atoms with Crippen molar-refractivity contribution in [2.45, 2.75) is 37.7 Å².